The van der Waals surface area contributed by atoms with Gasteiger partial charge in [-0.2, -0.15) is 0 Å². The lowest BCUT2D eigenvalue weighted by Crippen LogP contribution is -2.19. The van der Waals surface area contributed by atoms with Crippen molar-refractivity contribution in [2.24, 2.45) is 0 Å². The molecule has 0 aliphatic carbocycles. The van der Waals surface area contributed by atoms with Crippen LogP contribution < -0.4 is 10.6 Å². The van der Waals surface area contributed by atoms with Crippen molar-refractivity contribution < 1.29 is 4.79 Å². The number of amides is 1. The molecule has 0 aliphatic rings. The van der Waals surface area contributed by atoms with Crippen molar-refractivity contribution in [1.29, 1.82) is 0 Å². The van der Waals surface area contributed by atoms with E-state index in [4.69, 9.17) is 23.2 Å². The molecule has 6 heteroatoms. The molecule has 1 heterocycles. The molecule has 0 bridgehead atoms. The Morgan fingerprint density at radius 3 is 2.76 bits per heavy atom. The topological polar surface area (TPSA) is 54.0 Å². The Hall–Kier alpha value is -1.78. The van der Waals surface area contributed by atoms with E-state index >= 15 is 0 Å². The Balaban J connectivity index is 1.95. The smallest absolute Gasteiger partial charge is 0.269 e. The number of pyridine rings is 1. The fourth-order valence-electron chi connectivity index (χ4n) is 1.86. The molecule has 0 aliphatic heterocycles. The van der Waals surface area contributed by atoms with Crippen LogP contribution in [0.3, 0.4) is 0 Å². The summed E-state index contributed by atoms with van der Waals surface area (Å²) in [5.41, 5.74) is 2.25. The molecule has 1 aromatic carbocycles. The van der Waals surface area contributed by atoms with Crippen molar-refractivity contribution in [2.45, 2.75) is 6.42 Å². The van der Waals surface area contributed by atoms with Gasteiger partial charge < -0.3 is 10.6 Å². The van der Waals surface area contributed by atoms with Gasteiger partial charge in [-0.05, 0) is 36.2 Å². The standard InChI is InChI=1S/C15H15Cl2N3O/c1-18-15(21)14-9-12(5-7-20-14)19-6-4-10-2-3-11(16)8-13(10)17/h2-3,5,7-9H,4,6H2,1H3,(H,18,21)(H,19,20). The third-order valence-electron chi connectivity index (χ3n) is 2.96. The summed E-state index contributed by atoms with van der Waals surface area (Å²) in [5, 5.41) is 7.07. The number of hydrogen-bond donors (Lipinski definition) is 2. The van der Waals surface area contributed by atoms with Crippen molar-refractivity contribution in [1.82, 2.24) is 10.3 Å². The third kappa shape index (κ3) is 4.34. The van der Waals surface area contributed by atoms with Crippen LogP contribution in [0.1, 0.15) is 16.1 Å². The van der Waals surface area contributed by atoms with Gasteiger partial charge in [0.05, 0.1) is 0 Å². The Morgan fingerprint density at radius 1 is 1.24 bits per heavy atom. The number of carbonyl (C=O) groups excluding carboxylic acids is 1. The van der Waals surface area contributed by atoms with Gasteiger partial charge in [0.25, 0.3) is 5.91 Å². The van der Waals surface area contributed by atoms with E-state index in [-0.39, 0.29) is 5.91 Å². The van der Waals surface area contributed by atoms with Crippen LogP contribution in [0.4, 0.5) is 5.69 Å². The summed E-state index contributed by atoms with van der Waals surface area (Å²) in [6.45, 7) is 0.693. The molecule has 0 unspecified atom stereocenters. The highest BCUT2D eigenvalue weighted by molar-refractivity contribution is 6.35. The molecule has 1 amide bonds. The van der Waals surface area contributed by atoms with Crippen molar-refractivity contribution in [3.63, 3.8) is 0 Å². The average Bonchev–Trinajstić information content (AvgIpc) is 2.49. The lowest BCUT2D eigenvalue weighted by atomic mass is 10.1. The first kappa shape index (κ1) is 15.6. The molecule has 1 aromatic heterocycles. The molecule has 0 fully saturated rings. The Morgan fingerprint density at radius 2 is 2.05 bits per heavy atom. The maximum Gasteiger partial charge on any atom is 0.269 e. The van der Waals surface area contributed by atoms with Gasteiger partial charge >= 0.3 is 0 Å². The lowest BCUT2D eigenvalue weighted by Gasteiger charge is -2.09. The normalized spacial score (nSPS) is 10.2. The molecule has 0 spiro atoms. The predicted octanol–water partition coefficient (Wildman–Crippen LogP) is 3.40. The second-order valence-electron chi connectivity index (χ2n) is 4.42. The molecule has 110 valence electrons. The summed E-state index contributed by atoms with van der Waals surface area (Å²) >= 11 is 12.0. The molecule has 2 aromatic rings. The van der Waals surface area contributed by atoms with Gasteiger partial charge in [0.15, 0.2) is 0 Å². The van der Waals surface area contributed by atoms with Crippen LogP contribution in [0, 0.1) is 0 Å². The highest BCUT2D eigenvalue weighted by atomic mass is 35.5. The number of rotatable bonds is 5. The number of carbonyl (C=O) groups is 1. The first-order valence-electron chi connectivity index (χ1n) is 6.46. The second-order valence-corrected chi connectivity index (χ2v) is 5.27. The number of nitrogens with one attached hydrogen (secondary N) is 2. The summed E-state index contributed by atoms with van der Waals surface area (Å²) in [5.74, 6) is -0.209. The zero-order valence-electron chi connectivity index (χ0n) is 11.5. The molecule has 2 rings (SSSR count). The quantitative estimate of drug-likeness (QED) is 0.886. The van der Waals surface area contributed by atoms with Gasteiger partial charge in [0, 0.05) is 35.5 Å². The minimum Gasteiger partial charge on any atom is -0.385 e. The van der Waals surface area contributed by atoms with Gasteiger partial charge in [0.2, 0.25) is 0 Å². The highest BCUT2D eigenvalue weighted by Crippen LogP contribution is 2.21. The number of halogens is 2. The summed E-state index contributed by atoms with van der Waals surface area (Å²) in [6, 6.07) is 8.99. The monoisotopic (exact) mass is 323 g/mol. The van der Waals surface area contributed by atoms with E-state index in [0.717, 1.165) is 17.7 Å². The van der Waals surface area contributed by atoms with Crippen LogP contribution in [0.15, 0.2) is 36.5 Å². The maximum atomic E-state index is 11.5. The summed E-state index contributed by atoms with van der Waals surface area (Å²) in [7, 11) is 1.58. The minimum absolute atomic E-state index is 0.209. The zero-order chi connectivity index (χ0) is 15.2. The lowest BCUT2D eigenvalue weighted by molar-refractivity contribution is 0.0958. The average molecular weight is 324 g/mol. The SMILES string of the molecule is CNC(=O)c1cc(NCCc2ccc(Cl)cc2Cl)ccn1. The van der Waals surface area contributed by atoms with Gasteiger partial charge in [0.1, 0.15) is 5.69 Å². The van der Waals surface area contributed by atoms with E-state index in [2.05, 4.69) is 15.6 Å². The highest BCUT2D eigenvalue weighted by Gasteiger charge is 2.05. The Labute approximate surface area is 133 Å². The van der Waals surface area contributed by atoms with Crippen LogP contribution in [0.2, 0.25) is 10.0 Å². The van der Waals surface area contributed by atoms with Gasteiger partial charge in [-0.1, -0.05) is 29.3 Å². The third-order valence-corrected chi connectivity index (χ3v) is 3.55. The number of aromatic nitrogens is 1. The van der Waals surface area contributed by atoms with Crippen molar-refractivity contribution in [3.05, 3.63) is 57.8 Å². The predicted molar refractivity (Wildman–Crippen MR) is 86.3 cm³/mol. The molecular formula is C15H15Cl2N3O. The van der Waals surface area contributed by atoms with E-state index in [1.54, 1.807) is 25.4 Å². The van der Waals surface area contributed by atoms with Crippen LogP contribution in [0.25, 0.3) is 0 Å². The van der Waals surface area contributed by atoms with Crippen molar-refractivity contribution in [2.75, 3.05) is 18.9 Å². The molecule has 2 N–H and O–H groups in total. The first-order valence-corrected chi connectivity index (χ1v) is 7.21. The molecule has 4 nitrogen and oxygen atoms in total. The van der Waals surface area contributed by atoms with E-state index in [0.29, 0.717) is 22.3 Å². The second kappa shape index (κ2) is 7.29. The number of hydrogen-bond acceptors (Lipinski definition) is 3. The number of nitrogens with zero attached hydrogens (tertiary/aromatic N) is 1. The first-order chi connectivity index (χ1) is 10.1. The summed E-state index contributed by atoms with van der Waals surface area (Å²) in [6.07, 6.45) is 2.36. The van der Waals surface area contributed by atoms with Crippen LogP contribution >= 0.6 is 23.2 Å². The molecule has 0 radical (unpaired) electrons. The van der Waals surface area contributed by atoms with Crippen molar-refractivity contribution >= 4 is 34.8 Å². The van der Waals surface area contributed by atoms with E-state index in [1.807, 2.05) is 18.2 Å². The van der Waals surface area contributed by atoms with Gasteiger partial charge in [-0.15, -0.1) is 0 Å². The Kier molecular flexibility index (Phi) is 5.42. The van der Waals surface area contributed by atoms with Gasteiger partial charge in [-0.25, -0.2) is 0 Å². The molecule has 0 saturated heterocycles. The Bertz CT molecular complexity index is 647. The number of anilines is 1. The fraction of sp³-hybridized carbons (Fsp3) is 0.200. The fourth-order valence-corrected chi connectivity index (χ4v) is 2.36. The largest absolute Gasteiger partial charge is 0.385 e. The molecule has 0 atom stereocenters. The van der Waals surface area contributed by atoms with E-state index in [1.165, 1.54) is 0 Å². The van der Waals surface area contributed by atoms with Gasteiger partial charge in [-0.3, -0.25) is 9.78 Å². The zero-order valence-corrected chi connectivity index (χ0v) is 13.0. The van der Waals surface area contributed by atoms with Crippen LogP contribution in [0.5, 0.6) is 0 Å². The summed E-state index contributed by atoms with van der Waals surface area (Å²) < 4.78 is 0. The number of benzene rings is 1. The summed E-state index contributed by atoms with van der Waals surface area (Å²) in [4.78, 5) is 15.5. The van der Waals surface area contributed by atoms with E-state index < -0.39 is 0 Å². The van der Waals surface area contributed by atoms with Crippen LogP contribution in [-0.4, -0.2) is 24.5 Å². The molecule has 21 heavy (non-hydrogen) atoms. The van der Waals surface area contributed by atoms with Crippen molar-refractivity contribution in [3.8, 4) is 0 Å². The minimum atomic E-state index is -0.209. The maximum absolute atomic E-state index is 11.5. The molecule has 0 saturated carbocycles. The molecular weight excluding hydrogens is 309 g/mol. The van der Waals surface area contributed by atoms with E-state index in [9.17, 15) is 4.79 Å². The van der Waals surface area contributed by atoms with Crippen LogP contribution in [-0.2, 0) is 6.42 Å².